The molecule has 0 bridgehead atoms. The van der Waals surface area contributed by atoms with Crippen molar-refractivity contribution in [2.45, 2.75) is 25.9 Å². The molecule has 0 aromatic carbocycles. The van der Waals surface area contributed by atoms with Crippen molar-refractivity contribution in [1.29, 1.82) is 0 Å². The predicted molar refractivity (Wildman–Crippen MR) is 85.8 cm³/mol. The molecule has 2 aromatic rings. The molecule has 3 heterocycles. The maximum Gasteiger partial charge on any atom is 0.218 e. The summed E-state index contributed by atoms with van der Waals surface area (Å²) in [5.41, 5.74) is 1.75. The second-order valence-electron chi connectivity index (χ2n) is 5.23. The van der Waals surface area contributed by atoms with Crippen LogP contribution in [0.1, 0.15) is 18.4 Å². The van der Waals surface area contributed by atoms with Crippen LogP contribution >= 0.6 is 11.6 Å². The van der Waals surface area contributed by atoms with E-state index in [0.717, 1.165) is 37.2 Å². The van der Waals surface area contributed by atoms with Gasteiger partial charge in [-0.3, -0.25) is 0 Å². The van der Waals surface area contributed by atoms with E-state index in [4.69, 9.17) is 16.3 Å². The second kappa shape index (κ2) is 6.89. The second-order valence-corrected chi connectivity index (χ2v) is 5.59. The lowest BCUT2D eigenvalue weighted by atomic mass is 10.1. The number of nitrogens with one attached hydrogen (secondary N) is 2. The molecule has 1 aliphatic heterocycles. The standard InChI is InChI=1S/C15H18ClN5O/c1-10-2-7-18-15(16)14(10)21-12-8-13(20-9-19-12)22-11-3-5-17-6-4-11/h2,7-9,11,17H,3-6H2,1H3,(H,19,20,21). The summed E-state index contributed by atoms with van der Waals surface area (Å²) in [5, 5.41) is 6.91. The first-order valence-corrected chi connectivity index (χ1v) is 7.68. The van der Waals surface area contributed by atoms with Crippen LogP contribution in [0.15, 0.2) is 24.7 Å². The van der Waals surface area contributed by atoms with E-state index in [1.807, 2.05) is 13.0 Å². The molecule has 0 aliphatic carbocycles. The van der Waals surface area contributed by atoms with E-state index in [2.05, 4.69) is 25.6 Å². The van der Waals surface area contributed by atoms with Crippen molar-refractivity contribution in [3.05, 3.63) is 35.4 Å². The van der Waals surface area contributed by atoms with Crippen LogP contribution in [0, 0.1) is 6.92 Å². The zero-order valence-electron chi connectivity index (χ0n) is 12.3. The smallest absolute Gasteiger partial charge is 0.218 e. The van der Waals surface area contributed by atoms with Gasteiger partial charge in [-0.25, -0.2) is 15.0 Å². The summed E-state index contributed by atoms with van der Waals surface area (Å²) in [4.78, 5) is 12.5. The maximum atomic E-state index is 6.12. The van der Waals surface area contributed by atoms with Gasteiger partial charge in [0.2, 0.25) is 5.88 Å². The summed E-state index contributed by atoms with van der Waals surface area (Å²) < 4.78 is 5.91. The molecule has 0 amide bonds. The minimum Gasteiger partial charge on any atom is -0.474 e. The SMILES string of the molecule is Cc1ccnc(Cl)c1Nc1cc(OC2CCNCC2)ncn1. The average molecular weight is 320 g/mol. The van der Waals surface area contributed by atoms with Gasteiger partial charge >= 0.3 is 0 Å². The third-order valence-corrected chi connectivity index (χ3v) is 3.87. The molecule has 1 fully saturated rings. The highest BCUT2D eigenvalue weighted by Crippen LogP contribution is 2.27. The summed E-state index contributed by atoms with van der Waals surface area (Å²) in [6, 6.07) is 3.67. The van der Waals surface area contributed by atoms with Crippen molar-refractivity contribution in [2.24, 2.45) is 0 Å². The Labute approximate surface area is 134 Å². The molecule has 0 spiro atoms. The molecule has 116 valence electrons. The van der Waals surface area contributed by atoms with Crippen LogP contribution in [0.4, 0.5) is 11.5 Å². The molecule has 0 unspecified atom stereocenters. The topological polar surface area (TPSA) is 72.0 Å². The molecule has 0 saturated carbocycles. The Bertz CT molecular complexity index is 625. The summed E-state index contributed by atoms with van der Waals surface area (Å²) in [7, 11) is 0. The van der Waals surface area contributed by atoms with Gasteiger partial charge in [-0.15, -0.1) is 0 Å². The van der Waals surface area contributed by atoms with E-state index < -0.39 is 0 Å². The van der Waals surface area contributed by atoms with Crippen LogP contribution in [0.5, 0.6) is 5.88 Å². The Morgan fingerprint density at radius 1 is 1.27 bits per heavy atom. The zero-order valence-corrected chi connectivity index (χ0v) is 13.1. The van der Waals surface area contributed by atoms with E-state index in [9.17, 15) is 0 Å². The number of aryl methyl sites for hydroxylation is 1. The Morgan fingerprint density at radius 3 is 2.86 bits per heavy atom. The quantitative estimate of drug-likeness (QED) is 0.844. The van der Waals surface area contributed by atoms with E-state index in [-0.39, 0.29) is 6.10 Å². The molecule has 0 radical (unpaired) electrons. The molecule has 7 heteroatoms. The number of aromatic nitrogens is 3. The van der Waals surface area contributed by atoms with Gasteiger partial charge in [0.05, 0.1) is 5.69 Å². The number of halogens is 1. The molecular formula is C15H18ClN5O. The third kappa shape index (κ3) is 3.64. The normalized spacial score (nSPS) is 15.5. The van der Waals surface area contributed by atoms with Crippen LogP contribution < -0.4 is 15.4 Å². The van der Waals surface area contributed by atoms with Crippen LogP contribution in [0.2, 0.25) is 5.15 Å². The van der Waals surface area contributed by atoms with Crippen LogP contribution in [0.3, 0.4) is 0 Å². The Balaban J connectivity index is 1.73. The first-order chi connectivity index (χ1) is 10.7. The molecule has 3 rings (SSSR count). The first-order valence-electron chi connectivity index (χ1n) is 7.30. The number of piperidine rings is 1. The molecule has 2 N–H and O–H groups in total. The lowest BCUT2D eigenvalue weighted by Gasteiger charge is -2.23. The largest absolute Gasteiger partial charge is 0.474 e. The number of nitrogens with zero attached hydrogens (tertiary/aromatic N) is 3. The van der Waals surface area contributed by atoms with E-state index in [1.54, 1.807) is 12.3 Å². The lowest BCUT2D eigenvalue weighted by molar-refractivity contribution is 0.156. The number of hydrogen-bond acceptors (Lipinski definition) is 6. The minimum absolute atomic E-state index is 0.202. The highest BCUT2D eigenvalue weighted by atomic mass is 35.5. The van der Waals surface area contributed by atoms with Crippen molar-refractivity contribution in [3.63, 3.8) is 0 Å². The van der Waals surface area contributed by atoms with Gasteiger partial charge in [0.1, 0.15) is 18.2 Å². The highest BCUT2D eigenvalue weighted by molar-refractivity contribution is 6.32. The van der Waals surface area contributed by atoms with Crippen LogP contribution in [-0.2, 0) is 0 Å². The van der Waals surface area contributed by atoms with Crippen molar-refractivity contribution in [1.82, 2.24) is 20.3 Å². The summed E-state index contributed by atoms with van der Waals surface area (Å²) >= 11 is 6.12. The van der Waals surface area contributed by atoms with Gasteiger partial charge in [0.15, 0.2) is 5.15 Å². The van der Waals surface area contributed by atoms with Gasteiger partial charge in [-0.1, -0.05) is 11.6 Å². The van der Waals surface area contributed by atoms with E-state index >= 15 is 0 Å². The maximum absolute atomic E-state index is 6.12. The Morgan fingerprint density at radius 2 is 2.09 bits per heavy atom. The molecule has 1 aliphatic rings. The minimum atomic E-state index is 0.202. The summed E-state index contributed by atoms with van der Waals surface area (Å²) in [6.45, 7) is 3.92. The first kappa shape index (κ1) is 15.0. The highest BCUT2D eigenvalue weighted by Gasteiger charge is 2.15. The van der Waals surface area contributed by atoms with Gasteiger partial charge in [-0.05, 0) is 44.5 Å². The monoisotopic (exact) mass is 319 g/mol. The van der Waals surface area contributed by atoms with Gasteiger partial charge in [0.25, 0.3) is 0 Å². The fourth-order valence-corrected chi connectivity index (χ4v) is 2.61. The van der Waals surface area contributed by atoms with Crippen molar-refractivity contribution in [2.75, 3.05) is 18.4 Å². The average Bonchev–Trinajstić information content (AvgIpc) is 2.53. The zero-order chi connectivity index (χ0) is 15.4. The number of anilines is 2. The van der Waals surface area contributed by atoms with Crippen LogP contribution in [-0.4, -0.2) is 34.1 Å². The Kier molecular flexibility index (Phi) is 4.70. The molecule has 2 aromatic heterocycles. The molecule has 6 nitrogen and oxygen atoms in total. The molecule has 0 atom stereocenters. The van der Waals surface area contributed by atoms with Crippen LogP contribution in [0.25, 0.3) is 0 Å². The number of pyridine rings is 1. The van der Waals surface area contributed by atoms with Gasteiger partial charge in [-0.2, -0.15) is 0 Å². The number of rotatable bonds is 4. The number of ether oxygens (including phenoxy) is 1. The predicted octanol–water partition coefficient (Wildman–Crippen LogP) is 2.71. The molecule has 1 saturated heterocycles. The lowest BCUT2D eigenvalue weighted by Crippen LogP contribution is -2.34. The van der Waals surface area contributed by atoms with Crippen molar-refractivity contribution in [3.8, 4) is 5.88 Å². The van der Waals surface area contributed by atoms with E-state index in [1.165, 1.54) is 6.33 Å². The summed E-state index contributed by atoms with van der Waals surface area (Å²) in [5.74, 6) is 1.21. The third-order valence-electron chi connectivity index (χ3n) is 3.58. The molecular weight excluding hydrogens is 302 g/mol. The Hall–Kier alpha value is -1.92. The molecule has 22 heavy (non-hydrogen) atoms. The van der Waals surface area contributed by atoms with Gasteiger partial charge < -0.3 is 15.4 Å². The fourth-order valence-electron chi connectivity index (χ4n) is 2.36. The fraction of sp³-hybridized carbons (Fsp3) is 0.400. The van der Waals surface area contributed by atoms with E-state index in [0.29, 0.717) is 16.9 Å². The van der Waals surface area contributed by atoms with Crippen molar-refractivity contribution >= 4 is 23.1 Å². The summed E-state index contributed by atoms with van der Waals surface area (Å²) in [6.07, 6.45) is 5.33. The number of hydrogen-bond donors (Lipinski definition) is 2. The van der Waals surface area contributed by atoms with Crippen molar-refractivity contribution < 1.29 is 4.74 Å². The van der Waals surface area contributed by atoms with Gasteiger partial charge in [0, 0.05) is 12.3 Å².